The van der Waals surface area contributed by atoms with Gasteiger partial charge in [0.1, 0.15) is 5.02 Å². The van der Waals surface area contributed by atoms with E-state index in [-0.39, 0.29) is 22.9 Å². The van der Waals surface area contributed by atoms with Crippen LogP contribution in [0.3, 0.4) is 0 Å². The maximum atomic E-state index is 12.8. The number of anilines is 1. The maximum absolute atomic E-state index is 12.8. The molecule has 0 aliphatic heterocycles. The molecular weight excluding hydrogens is 444 g/mol. The number of halogens is 2. The van der Waals surface area contributed by atoms with Crippen LogP contribution >= 0.6 is 27.5 Å². The quantitative estimate of drug-likeness (QED) is 0.251. The highest BCUT2D eigenvalue weighted by Gasteiger charge is 2.21. The van der Waals surface area contributed by atoms with Gasteiger partial charge in [-0.15, -0.1) is 0 Å². The highest BCUT2D eigenvalue weighted by molar-refractivity contribution is 9.10. The number of nitrogens with one attached hydrogen (secondary N) is 1. The summed E-state index contributed by atoms with van der Waals surface area (Å²) in [5.41, 5.74) is 1.82. The van der Waals surface area contributed by atoms with Gasteiger partial charge in [0, 0.05) is 28.2 Å². The van der Waals surface area contributed by atoms with Crippen molar-refractivity contribution in [2.45, 2.75) is 12.5 Å². The highest BCUT2D eigenvalue weighted by Crippen LogP contribution is 2.31. The van der Waals surface area contributed by atoms with Crippen LogP contribution in [0.4, 0.5) is 11.4 Å². The first kappa shape index (κ1) is 20.0. The van der Waals surface area contributed by atoms with Crippen LogP contribution in [0, 0.1) is 10.1 Å². The molecule has 0 spiro atoms. The van der Waals surface area contributed by atoms with Crippen LogP contribution in [-0.4, -0.2) is 10.7 Å². The molecule has 0 heterocycles. The van der Waals surface area contributed by atoms with E-state index in [4.69, 9.17) is 11.6 Å². The van der Waals surface area contributed by atoms with Crippen LogP contribution in [-0.2, 0) is 0 Å². The number of carbonyl (C=O) groups excluding carboxylic acids is 1. The summed E-state index contributed by atoms with van der Waals surface area (Å²) in [5.74, 6) is -0.0622. The molecular formula is C21H16BrClN2O3. The number of ketones is 1. The summed E-state index contributed by atoms with van der Waals surface area (Å²) in [6.07, 6.45) is 0.138. The zero-order chi connectivity index (χ0) is 20.1. The molecule has 3 aromatic carbocycles. The second-order valence-electron chi connectivity index (χ2n) is 6.17. The van der Waals surface area contributed by atoms with Gasteiger partial charge in [0.15, 0.2) is 5.78 Å². The Balaban J connectivity index is 1.94. The number of Topliss-reactive ketones (excluding diaryl/α,β-unsaturated/α-hetero) is 1. The first-order valence-electron chi connectivity index (χ1n) is 8.48. The summed E-state index contributed by atoms with van der Waals surface area (Å²) in [4.78, 5) is 23.5. The molecule has 3 rings (SSSR count). The lowest BCUT2D eigenvalue weighted by Gasteiger charge is -2.20. The van der Waals surface area contributed by atoms with E-state index >= 15 is 0 Å². The summed E-state index contributed by atoms with van der Waals surface area (Å²) in [6.45, 7) is 0. The normalized spacial score (nSPS) is 11.6. The minimum atomic E-state index is -0.526. The Bertz CT molecular complexity index is 994. The number of nitro groups is 1. The number of nitrogens with zero attached hydrogens (tertiary/aromatic N) is 1. The Kier molecular flexibility index (Phi) is 6.44. The van der Waals surface area contributed by atoms with Crippen molar-refractivity contribution < 1.29 is 9.72 Å². The number of benzene rings is 3. The third kappa shape index (κ3) is 4.97. The zero-order valence-corrected chi connectivity index (χ0v) is 17.0. The molecule has 5 nitrogen and oxygen atoms in total. The molecule has 1 unspecified atom stereocenters. The van der Waals surface area contributed by atoms with Crippen molar-refractivity contribution in [2.75, 3.05) is 5.32 Å². The van der Waals surface area contributed by atoms with Gasteiger partial charge < -0.3 is 5.32 Å². The third-order valence-electron chi connectivity index (χ3n) is 4.24. The van der Waals surface area contributed by atoms with Gasteiger partial charge in [-0.25, -0.2) is 0 Å². The summed E-state index contributed by atoms with van der Waals surface area (Å²) in [5, 5.41) is 14.6. The van der Waals surface area contributed by atoms with Gasteiger partial charge in [0.2, 0.25) is 0 Å². The van der Waals surface area contributed by atoms with Crippen molar-refractivity contribution in [3.05, 3.63) is 104 Å². The lowest BCUT2D eigenvalue weighted by atomic mass is 9.97. The molecule has 142 valence electrons. The van der Waals surface area contributed by atoms with Crippen molar-refractivity contribution in [3.8, 4) is 0 Å². The van der Waals surface area contributed by atoms with Gasteiger partial charge in [-0.3, -0.25) is 14.9 Å². The molecule has 3 aromatic rings. The summed E-state index contributed by atoms with van der Waals surface area (Å²) >= 11 is 9.33. The van der Waals surface area contributed by atoms with E-state index in [9.17, 15) is 14.9 Å². The molecule has 1 atom stereocenters. The Morgan fingerprint density at radius 1 is 1.07 bits per heavy atom. The minimum Gasteiger partial charge on any atom is -0.378 e. The summed E-state index contributed by atoms with van der Waals surface area (Å²) < 4.78 is 0.928. The van der Waals surface area contributed by atoms with E-state index in [0.717, 1.165) is 10.2 Å². The van der Waals surface area contributed by atoms with E-state index < -0.39 is 11.0 Å². The fourth-order valence-electron chi connectivity index (χ4n) is 2.81. The molecule has 0 saturated carbocycles. The number of hydrogen-bond donors (Lipinski definition) is 1. The predicted molar refractivity (Wildman–Crippen MR) is 114 cm³/mol. The van der Waals surface area contributed by atoms with Crippen molar-refractivity contribution in [3.63, 3.8) is 0 Å². The fraction of sp³-hybridized carbons (Fsp3) is 0.0952. The topological polar surface area (TPSA) is 72.2 Å². The number of carbonyl (C=O) groups is 1. The Labute approximate surface area is 175 Å². The van der Waals surface area contributed by atoms with Crippen LogP contribution in [0.1, 0.15) is 28.4 Å². The number of nitro benzene ring substituents is 1. The second kappa shape index (κ2) is 8.99. The van der Waals surface area contributed by atoms with Gasteiger partial charge in [-0.2, -0.15) is 0 Å². The molecule has 0 fully saturated rings. The molecule has 0 radical (unpaired) electrons. The summed E-state index contributed by atoms with van der Waals surface area (Å²) in [6, 6.07) is 20.6. The van der Waals surface area contributed by atoms with E-state index in [1.165, 1.54) is 12.1 Å². The lowest BCUT2D eigenvalue weighted by molar-refractivity contribution is -0.384. The zero-order valence-electron chi connectivity index (χ0n) is 14.6. The van der Waals surface area contributed by atoms with Crippen molar-refractivity contribution in [2.24, 2.45) is 0 Å². The van der Waals surface area contributed by atoms with E-state index in [0.29, 0.717) is 11.1 Å². The van der Waals surface area contributed by atoms with Crippen LogP contribution in [0.15, 0.2) is 77.3 Å². The molecule has 1 N–H and O–H groups in total. The minimum absolute atomic E-state index is 0.0607. The van der Waals surface area contributed by atoms with Crippen molar-refractivity contribution in [1.82, 2.24) is 0 Å². The molecule has 0 saturated heterocycles. The van der Waals surface area contributed by atoms with Crippen molar-refractivity contribution in [1.29, 1.82) is 0 Å². The molecule has 7 heteroatoms. The Morgan fingerprint density at radius 2 is 1.75 bits per heavy atom. The highest BCUT2D eigenvalue weighted by atomic mass is 79.9. The predicted octanol–water partition coefficient (Wildman–Crippen LogP) is 6.44. The lowest BCUT2D eigenvalue weighted by Crippen LogP contribution is -2.16. The SMILES string of the molecule is O=C(CC(Nc1ccc(Br)cc1)c1ccc(Cl)c([N+](=O)[O-])c1)c1ccccc1. The van der Waals surface area contributed by atoms with Gasteiger partial charge >= 0.3 is 0 Å². The van der Waals surface area contributed by atoms with E-state index in [1.54, 1.807) is 30.3 Å². The van der Waals surface area contributed by atoms with E-state index in [2.05, 4.69) is 21.2 Å². The monoisotopic (exact) mass is 458 g/mol. The second-order valence-corrected chi connectivity index (χ2v) is 7.49. The van der Waals surface area contributed by atoms with Crippen LogP contribution in [0.2, 0.25) is 5.02 Å². The van der Waals surface area contributed by atoms with Gasteiger partial charge in [0.25, 0.3) is 5.69 Å². The maximum Gasteiger partial charge on any atom is 0.288 e. The standard InChI is InChI=1S/C21H16BrClN2O3/c22-16-7-9-17(10-8-16)24-19(13-21(26)14-4-2-1-3-5-14)15-6-11-18(23)20(12-15)25(27)28/h1-12,19,24H,13H2. The fourth-order valence-corrected chi connectivity index (χ4v) is 3.26. The third-order valence-corrected chi connectivity index (χ3v) is 5.09. The molecule has 28 heavy (non-hydrogen) atoms. The molecule has 0 aliphatic rings. The van der Waals surface area contributed by atoms with Crippen LogP contribution < -0.4 is 5.32 Å². The Hall–Kier alpha value is -2.70. The Morgan fingerprint density at radius 3 is 2.39 bits per heavy atom. The largest absolute Gasteiger partial charge is 0.378 e. The molecule has 0 aromatic heterocycles. The number of rotatable bonds is 7. The van der Waals surface area contributed by atoms with Gasteiger partial charge in [-0.05, 0) is 35.9 Å². The first-order valence-corrected chi connectivity index (χ1v) is 9.65. The molecule has 0 bridgehead atoms. The smallest absolute Gasteiger partial charge is 0.288 e. The first-order chi connectivity index (χ1) is 13.4. The van der Waals surface area contributed by atoms with Crippen molar-refractivity contribution >= 4 is 44.7 Å². The number of hydrogen-bond acceptors (Lipinski definition) is 4. The van der Waals surface area contributed by atoms with Crippen LogP contribution in [0.25, 0.3) is 0 Å². The van der Waals surface area contributed by atoms with E-state index in [1.807, 2.05) is 30.3 Å². The van der Waals surface area contributed by atoms with Gasteiger partial charge in [0.05, 0.1) is 11.0 Å². The molecule has 0 aliphatic carbocycles. The van der Waals surface area contributed by atoms with Gasteiger partial charge in [-0.1, -0.05) is 63.9 Å². The average Bonchev–Trinajstić information content (AvgIpc) is 2.70. The molecule has 0 amide bonds. The van der Waals surface area contributed by atoms with Crippen LogP contribution in [0.5, 0.6) is 0 Å². The summed E-state index contributed by atoms with van der Waals surface area (Å²) in [7, 11) is 0. The average molecular weight is 460 g/mol.